The van der Waals surface area contributed by atoms with Gasteiger partial charge in [-0.25, -0.2) is 14.6 Å². The molecule has 0 aromatic carbocycles. The molecular formula is C18H17N7S. The van der Waals surface area contributed by atoms with Crippen LogP contribution < -0.4 is 5.32 Å². The second kappa shape index (κ2) is 6.14. The van der Waals surface area contributed by atoms with E-state index in [0.29, 0.717) is 5.92 Å². The second-order valence-electron chi connectivity index (χ2n) is 6.53. The van der Waals surface area contributed by atoms with Crippen LogP contribution in [-0.2, 0) is 0 Å². The lowest BCUT2D eigenvalue weighted by Gasteiger charge is -2.14. The zero-order valence-corrected chi connectivity index (χ0v) is 15.0. The molecule has 130 valence electrons. The van der Waals surface area contributed by atoms with E-state index in [2.05, 4.69) is 37.5 Å². The largest absolute Gasteiger partial charge is 0.361 e. The van der Waals surface area contributed by atoms with Crippen LogP contribution in [0.3, 0.4) is 0 Å². The number of aromatic nitrogens is 6. The van der Waals surface area contributed by atoms with E-state index in [1.54, 1.807) is 22.3 Å². The minimum absolute atomic E-state index is 0.0276. The smallest absolute Gasteiger partial charge is 0.138 e. The number of anilines is 1. The van der Waals surface area contributed by atoms with Crippen molar-refractivity contribution in [1.82, 2.24) is 29.9 Å². The Morgan fingerprint density at radius 1 is 1.19 bits per heavy atom. The molecule has 0 aliphatic heterocycles. The number of rotatable bonds is 5. The van der Waals surface area contributed by atoms with E-state index in [-0.39, 0.29) is 6.04 Å². The molecule has 5 rings (SSSR count). The molecule has 8 heteroatoms. The van der Waals surface area contributed by atoms with E-state index >= 15 is 0 Å². The fourth-order valence-electron chi connectivity index (χ4n) is 2.94. The van der Waals surface area contributed by atoms with Crippen molar-refractivity contribution in [3.05, 3.63) is 53.7 Å². The summed E-state index contributed by atoms with van der Waals surface area (Å²) in [5.41, 5.74) is 2.94. The predicted molar refractivity (Wildman–Crippen MR) is 101 cm³/mol. The monoisotopic (exact) mass is 363 g/mol. The standard InChI is InChI=1S/C18H17N7S/c1-11(22-17-14-6-7-26-18(14)21-10-20-17)15-5-4-13(8-19-15)25-9-16(23-24-25)12-2-3-12/h4-12H,2-3H2,1H3,(H,20,21,22). The van der Waals surface area contributed by atoms with Crippen molar-refractivity contribution in [2.24, 2.45) is 0 Å². The van der Waals surface area contributed by atoms with Crippen molar-refractivity contribution < 1.29 is 0 Å². The van der Waals surface area contributed by atoms with Gasteiger partial charge in [0, 0.05) is 5.92 Å². The van der Waals surface area contributed by atoms with Crippen LogP contribution in [0.5, 0.6) is 0 Å². The molecule has 1 saturated carbocycles. The summed E-state index contributed by atoms with van der Waals surface area (Å²) in [6.07, 6.45) is 7.87. The topological polar surface area (TPSA) is 81.4 Å². The highest BCUT2D eigenvalue weighted by Gasteiger charge is 2.26. The van der Waals surface area contributed by atoms with Crippen molar-refractivity contribution in [2.75, 3.05) is 5.32 Å². The zero-order chi connectivity index (χ0) is 17.5. The van der Waals surface area contributed by atoms with Gasteiger partial charge in [-0.05, 0) is 43.3 Å². The minimum Gasteiger partial charge on any atom is -0.361 e. The van der Waals surface area contributed by atoms with Crippen molar-refractivity contribution in [2.45, 2.75) is 31.7 Å². The van der Waals surface area contributed by atoms with Gasteiger partial charge in [0.2, 0.25) is 0 Å². The van der Waals surface area contributed by atoms with Gasteiger partial charge < -0.3 is 5.32 Å². The third-order valence-electron chi connectivity index (χ3n) is 4.60. The fourth-order valence-corrected chi connectivity index (χ4v) is 3.68. The van der Waals surface area contributed by atoms with Gasteiger partial charge in [0.1, 0.15) is 17.0 Å². The SMILES string of the molecule is CC(Nc1ncnc2sccc12)c1ccc(-n2cc(C3CC3)nn2)cn1. The molecule has 0 amide bonds. The highest BCUT2D eigenvalue weighted by atomic mass is 32.1. The van der Waals surface area contributed by atoms with E-state index in [1.165, 1.54) is 12.8 Å². The van der Waals surface area contributed by atoms with Crippen LogP contribution in [0.15, 0.2) is 42.3 Å². The average Bonchev–Trinajstić information content (AvgIpc) is 3.20. The van der Waals surface area contributed by atoms with E-state index in [0.717, 1.165) is 33.1 Å². The van der Waals surface area contributed by atoms with Gasteiger partial charge in [0.25, 0.3) is 0 Å². The molecule has 0 radical (unpaired) electrons. The molecule has 26 heavy (non-hydrogen) atoms. The first-order valence-electron chi connectivity index (χ1n) is 8.61. The van der Waals surface area contributed by atoms with Gasteiger partial charge in [0.15, 0.2) is 0 Å². The van der Waals surface area contributed by atoms with Gasteiger partial charge in [0.05, 0.1) is 40.9 Å². The minimum atomic E-state index is 0.0276. The van der Waals surface area contributed by atoms with Crippen molar-refractivity contribution in [1.29, 1.82) is 0 Å². The number of thiophene rings is 1. The number of hydrogen-bond donors (Lipinski definition) is 1. The first kappa shape index (κ1) is 15.4. The molecule has 0 bridgehead atoms. The predicted octanol–water partition coefficient (Wildman–Crippen LogP) is 3.72. The van der Waals surface area contributed by atoms with Crippen LogP contribution in [0.2, 0.25) is 0 Å². The summed E-state index contributed by atoms with van der Waals surface area (Å²) in [4.78, 5) is 14.2. The number of hydrogen-bond acceptors (Lipinski definition) is 7. The van der Waals surface area contributed by atoms with Crippen LogP contribution in [-0.4, -0.2) is 29.9 Å². The average molecular weight is 363 g/mol. The molecule has 1 fully saturated rings. The molecule has 0 saturated heterocycles. The Labute approximate surface area is 154 Å². The third-order valence-corrected chi connectivity index (χ3v) is 5.42. The summed E-state index contributed by atoms with van der Waals surface area (Å²) in [5, 5.41) is 15.0. The lowest BCUT2D eigenvalue weighted by atomic mass is 10.2. The Balaban J connectivity index is 1.35. The first-order chi connectivity index (χ1) is 12.8. The van der Waals surface area contributed by atoms with E-state index < -0.39 is 0 Å². The highest BCUT2D eigenvalue weighted by molar-refractivity contribution is 7.16. The van der Waals surface area contributed by atoms with Crippen LogP contribution in [0.4, 0.5) is 5.82 Å². The maximum absolute atomic E-state index is 4.60. The maximum Gasteiger partial charge on any atom is 0.138 e. The van der Waals surface area contributed by atoms with Crippen LogP contribution in [0.1, 0.15) is 43.1 Å². The van der Waals surface area contributed by atoms with Crippen LogP contribution in [0, 0.1) is 0 Å². The molecule has 1 N–H and O–H groups in total. The molecule has 1 atom stereocenters. The number of nitrogens with one attached hydrogen (secondary N) is 1. The Morgan fingerprint density at radius 3 is 2.92 bits per heavy atom. The zero-order valence-electron chi connectivity index (χ0n) is 14.2. The van der Waals surface area contributed by atoms with Gasteiger partial charge in [-0.2, -0.15) is 0 Å². The van der Waals surface area contributed by atoms with Gasteiger partial charge in [-0.3, -0.25) is 4.98 Å². The lowest BCUT2D eigenvalue weighted by molar-refractivity contribution is 0.783. The fraction of sp³-hybridized carbons (Fsp3) is 0.278. The van der Waals surface area contributed by atoms with Crippen LogP contribution in [0.25, 0.3) is 15.9 Å². The van der Waals surface area contributed by atoms with E-state index in [1.807, 2.05) is 36.0 Å². The number of pyridine rings is 1. The first-order valence-corrected chi connectivity index (χ1v) is 9.49. The normalized spacial score (nSPS) is 15.3. The van der Waals surface area contributed by atoms with Gasteiger partial charge in [-0.15, -0.1) is 16.4 Å². The number of fused-ring (bicyclic) bond motifs is 1. The molecule has 1 aliphatic rings. The van der Waals surface area contributed by atoms with Crippen molar-refractivity contribution in [3.63, 3.8) is 0 Å². The second-order valence-corrected chi connectivity index (χ2v) is 7.43. The Kier molecular flexibility index (Phi) is 3.63. The Bertz CT molecular complexity index is 1050. The van der Waals surface area contributed by atoms with Gasteiger partial charge >= 0.3 is 0 Å². The summed E-state index contributed by atoms with van der Waals surface area (Å²) in [5.74, 6) is 1.43. The summed E-state index contributed by atoms with van der Waals surface area (Å²) < 4.78 is 1.79. The summed E-state index contributed by atoms with van der Waals surface area (Å²) >= 11 is 1.61. The summed E-state index contributed by atoms with van der Waals surface area (Å²) in [6.45, 7) is 2.07. The molecule has 4 aromatic rings. The number of nitrogens with zero attached hydrogens (tertiary/aromatic N) is 6. The molecule has 1 unspecified atom stereocenters. The molecule has 4 aromatic heterocycles. The van der Waals surface area contributed by atoms with Crippen molar-refractivity contribution >= 4 is 27.4 Å². The third kappa shape index (κ3) is 2.82. The molecule has 4 heterocycles. The molecule has 7 nitrogen and oxygen atoms in total. The Hall–Kier alpha value is -2.87. The van der Waals surface area contributed by atoms with E-state index in [9.17, 15) is 0 Å². The maximum atomic E-state index is 4.60. The highest BCUT2D eigenvalue weighted by Crippen LogP contribution is 2.38. The summed E-state index contributed by atoms with van der Waals surface area (Å²) in [7, 11) is 0. The Morgan fingerprint density at radius 2 is 2.12 bits per heavy atom. The lowest BCUT2D eigenvalue weighted by Crippen LogP contribution is -2.10. The quantitative estimate of drug-likeness (QED) is 0.582. The molecular weight excluding hydrogens is 346 g/mol. The van der Waals surface area contributed by atoms with E-state index in [4.69, 9.17) is 0 Å². The molecule has 1 aliphatic carbocycles. The summed E-state index contributed by atoms with van der Waals surface area (Å²) in [6, 6.07) is 6.09. The van der Waals surface area contributed by atoms with Crippen LogP contribution >= 0.6 is 11.3 Å². The van der Waals surface area contributed by atoms with Crippen molar-refractivity contribution in [3.8, 4) is 5.69 Å². The molecule has 0 spiro atoms. The van der Waals surface area contributed by atoms with Gasteiger partial charge in [-0.1, -0.05) is 5.21 Å².